The van der Waals surface area contributed by atoms with Gasteiger partial charge in [-0.15, -0.1) is 11.3 Å². The van der Waals surface area contributed by atoms with Gasteiger partial charge in [0.2, 0.25) is 0 Å². The molecule has 0 bridgehead atoms. The van der Waals surface area contributed by atoms with Crippen LogP contribution in [0.25, 0.3) is 0 Å². The minimum atomic E-state index is -0.330. The fourth-order valence-corrected chi connectivity index (χ4v) is 4.79. The van der Waals surface area contributed by atoms with Crippen LogP contribution in [-0.4, -0.2) is 64.0 Å². The van der Waals surface area contributed by atoms with E-state index in [9.17, 15) is 4.79 Å². The van der Waals surface area contributed by atoms with Crippen LogP contribution in [0, 0.1) is 20.8 Å². The maximum absolute atomic E-state index is 12.1. The summed E-state index contributed by atoms with van der Waals surface area (Å²) in [6, 6.07) is 0. The van der Waals surface area contributed by atoms with Gasteiger partial charge in [-0.1, -0.05) is 0 Å². The molecule has 0 spiro atoms. The molecule has 1 fully saturated rings. The molecular weight excluding hydrogens is 394 g/mol. The Bertz CT molecular complexity index is 881. The number of carbonyl (C=O) groups excluding carboxylic acids is 1. The highest BCUT2D eigenvalue weighted by Gasteiger charge is 2.24. The Morgan fingerprint density at radius 1 is 1.29 bits per heavy atom. The predicted molar refractivity (Wildman–Crippen MR) is 116 cm³/mol. The van der Waals surface area contributed by atoms with Gasteiger partial charge in [-0.05, 0) is 38.6 Å². The standard InChI is InChI=1S/C19H27N5O2S2/c1-12-14(3)28-17(16(12)18(25)26-5)20-19(27)24-8-6-23(7-9-24)11-15-10-22(4)21-13(15)2/h10H,6-9,11H2,1-5H3,(H,20,27). The molecule has 0 aliphatic carbocycles. The Kier molecular flexibility index (Phi) is 6.36. The largest absolute Gasteiger partial charge is 0.465 e. The van der Waals surface area contributed by atoms with Crippen molar-refractivity contribution >= 4 is 39.6 Å². The number of thiocarbonyl (C=S) groups is 1. The van der Waals surface area contributed by atoms with Gasteiger partial charge in [0.1, 0.15) is 5.00 Å². The lowest BCUT2D eigenvalue weighted by atomic mass is 10.1. The van der Waals surface area contributed by atoms with Crippen LogP contribution in [0.1, 0.15) is 32.1 Å². The van der Waals surface area contributed by atoms with Crippen molar-refractivity contribution in [3.8, 4) is 0 Å². The quantitative estimate of drug-likeness (QED) is 0.602. The molecule has 9 heteroatoms. The molecule has 1 saturated heterocycles. The molecule has 28 heavy (non-hydrogen) atoms. The van der Waals surface area contributed by atoms with Crippen molar-refractivity contribution < 1.29 is 9.53 Å². The highest BCUT2D eigenvalue weighted by Crippen LogP contribution is 2.33. The lowest BCUT2D eigenvalue weighted by molar-refractivity contribution is 0.0601. The van der Waals surface area contributed by atoms with Crippen LogP contribution >= 0.6 is 23.6 Å². The van der Waals surface area contributed by atoms with Crippen molar-refractivity contribution in [1.82, 2.24) is 19.6 Å². The Morgan fingerprint density at radius 2 is 1.96 bits per heavy atom. The van der Waals surface area contributed by atoms with Crippen molar-refractivity contribution in [2.75, 3.05) is 38.6 Å². The van der Waals surface area contributed by atoms with E-state index in [1.807, 2.05) is 25.6 Å². The number of esters is 1. The molecule has 0 aromatic carbocycles. The molecule has 1 N–H and O–H groups in total. The predicted octanol–water partition coefficient (Wildman–Crippen LogP) is 2.71. The zero-order valence-electron chi connectivity index (χ0n) is 17.0. The van der Waals surface area contributed by atoms with E-state index in [0.717, 1.165) is 53.9 Å². The van der Waals surface area contributed by atoms with E-state index >= 15 is 0 Å². The van der Waals surface area contributed by atoms with Crippen molar-refractivity contribution in [2.24, 2.45) is 7.05 Å². The van der Waals surface area contributed by atoms with Crippen LogP contribution in [0.2, 0.25) is 0 Å². The zero-order valence-corrected chi connectivity index (χ0v) is 18.7. The van der Waals surface area contributed by atoms with Crippen molar-refractivity contribution in [1.29, 1.82) is 0 Å². The maximum atomic E-state index is 12.1. The molecule has 2 aromatic heterocycles. The lowest BCUT2D eigenvalue weighted by Gasteiger charge is -2.36. The molecule has 2 aromatic rings. The molecule has 1 aliphatic heterocycles. The SMILES string of the molecule is COC(=O)c1c(NC(=S)N2CCN(Cc3cn(C)nc3C)CC2)sc(C)c1C. The van der Waals surface area contributed by atoms with Crippen LogP contribution in [0.15, 0.2) is 6.20 Å². The van der Waals surface area contributed by atoms with E-state index in [4.69, 9.17) is 17.0 Å². The van der Waals surface area contributed by atoms with Crippen LogP contribution < -0.4 is 5.32 Å². The van der Waals surface area contributed by atoms with Gasteiger partial charge in [-0.3, -0.25) is 9.58 Å². The number of aromatic nitrogens is 2. The van der Waals surface area contributed by atoms with Gasteiger partial charge in [0.05, 0.1) is 18.4 Å². The van der Waals surface area contributed by atoms with Gasteiger partial charge >= 0.3 is 5.97 Å². The molecule has 0 saturated carbocycles. The second-order valence-electron chi connectivity index (χ2n) is 7.09. The van der Waals surface area contributed by atoms with Gasteiger partial charge in [-0.2, -0.15) is 5.10 Å². The number of methoxy groups -OCH3 is 1. The summed E-state index contributed by atoms with van der Waals surface area (Å²) in [5.41, 5.74) is 3.88. The third-order valence-corrected chi connectivity index (χ3v) is 6.65. The van der Waals surface area contributed by atoms with Crippen LogP contribution in [-0.2, 0) is 18.3 Å². The van der Waals surface area contributed by atoms with Crippen LogP contribution in [0.3, 0.4) is 0 Å². The number of piperazine rings is 1. The Labute approximate surface area is 175 Å². The number of nitrogens with zero attached hydrogens (tertiary/aromatic N) is 4. The fourth-order valence-electron chi connectivity index (χ4n) is 3.39. The van der Waals surface area contributed by atoms with E-state index < -0.39 is 0 Å². The number of thiophene rings is 1. The van der Waals surface area contributed by atoms with Crippen molar-refractivity contribution in [2.45, 2.75) is 27.3 Å². The number of ether oxygens (including phenoxy) is 1. The molecule has 3 heterocycles. The number of carbonyl (C=O) groups is 1. The second kappa shape index (κ2) is 8.59. The summed E-state index contributed by atoms with van der Waals surface area (Å²) in [6.45, 7) is 10.5. The second-order valence-corrected chi connectivity index (χ2v) is 8.70. The third-order valence-electron chi connectivity index (χ3n) is 5.16. The zero-order chi connectivity index (χ0) is 20.4. The van der Waals surface area contributed by atoms with Crippen molar-refractivity contribution in [3.63, 3.8) is 0 Å². The molecule has 0 unspecified atom stereocenters. The molecule has 0 radical (unpaired) electrons. The first-order valence-corrected chi connectivity index (χ1v) is 10.5. The molecule has 3 rings (SSSR count). The smallest absolute Gasteiger partial charge is 0.341 e. The molecule has 0 amide bonds. The summed E-state index contributed by atoms with van der Waals surface area (Å²) < 4.78 is 6.80. The lowest BCUT2D eigenvalue weighted by Crippen LogP contribution is -2.49. The maximum Gasteiger partial charge on any atom is 0.341 e. The number of aryl methyl sites for hydroxylation is 3. The van der Waals surface area contributed by atoms with Gasteiger partial charge in [0.25, 0.3) is 0 Å². The average molecular weight is 422 g/mol. The molecule has 1 aliphatic rings. The van der Waals surface area contributed by atoms with E-state index in [1.165, 1.54) is 24.0 Å². The van der Waals surface area contributed by atoms with Gasteiger partial charge in [0, 0.05) is 56.4 Å². The Morgan fingerprint density at radius 3 is 2.54 bits per heavy atom. The van der Waals surface area contributed by atoms with E-state index in [-0.39, 0.29) is 5.97 Å². The summed E-state index contributed by atoms with van der Waals surface area (Å²) in [7, 11) is 3.36. The number of hydrogen-bond acceptors (Lipinski definition) is 6. The summed E-state index contributed by atoms with van der Waals surface area (Å²) in [4.78, 5) is 17.8. The minimum Gasteiger partial charge on any atom is -0.465 e. The summed E-state index contributed by atoms with van der Waals surface area (Å²) >= 11 is 7.16. The normalized spacial score (nSPS) is 15.0. The first-order chi connectivity index (χ1) is 13.3. The van der Waals surface area contributed by atoms with E-state index in [0.29, 0.717) is 10.7 Å². The Balaban J connectivity index is 1.59. The summed E-state index contributed by atoms with van der Waals surface area (Å²) in [6.07, 6.45) is 2.09. The van der Waals surface area contributed by atoms with Crippen molar-refractivity contribution in [3.05, 3.63) is 33.5 Å². The van der Waals surface area contributed by atoms with E-state index in [2.05, 4.69) is 33.3 Å². The highest BCUT2D eigenvalue weighted by molar-refractivity contribution is 7.80. The van der Waals surface area contributed by atoms with Gasteiger partial charge < -0.3 is 15.0 Å². The van der Waals surface area contributed by atoms with Gasteiger partial charge in [-0.25, -0.2) is 4.79 Å². The monoisotopic (exact) mass is 421 g/mol. The fraction of sp³-hybridized carbons (Fsp3) is 0.526. The number of nitrogens with one attached hydrogen (secondary N) is 1. The number of hydrogen-bond donors (Lipinski definition) is 1. The number of rotatable bonds is 4. The average Bonchev–Trinajstić information content (AvgIpc) is 3.12. The Hall–Kier alpha value is -1.97. The van der Waals surface area contributed by atoms with Gasteiger partial charge in [0.15, 0.2) is 5.11 Å². The number of anilines is 1. The van der Waals surface area contributed by atoms with Crippen LogP contribution in [0.4, 0.5) is 5.00 Å². The topological polar surface area (TPSA) is 62.6 Å². The minimum absolute atomic E-state index is 0.330. The molecule has 0 atom stereocenters. The van der Waals surface area contributed by atoms with Crippen LogP contribution in [0.5, 0.6) is 0 Å². The summed E-state index contributed by atoms with van der Waals surface area (Å²) in [5.74, 6) is -0.330. The molecule has 152 valence electrons. The molecular formula is C19H27N5O2S2. The third kappa shape index (κ3) is 4.37. The first-order valence-electron chi connectivity index (χ1n) is 9.25. The molecule has 7 nitrogen and oxygen atoms in total. The summed E-state index contributed by atoms with van der Waals surface area (Å²) in [5, 5.41) is 9.11. The van der Waals surface area contributed by atoms with E-state index in [1.54, 1.807) is 0 Å². The first kappa shape index (κ1) is 20.8. The highest BCUT2D eigenvalue weighted by atomic mass is 32.1.